The summed E-state index contributed by atoms with van der Waals surface area (Å²) in [5, 5.41) is 40.1. The molecule has 6 aromatic rings. The van der Waals surface area contributed by atoms with Crippen LogP contribution in [0.3, 0.4) is 0 Å². The van der Waals surface area contributed by atoms with Crippen molar-refractivity contribution in [2.45, 2.75) is 13.8 Å². The van der Waals surface area contributed by atoms with Crippen LogP contribution in [0, 0.1) is 84.9 Å². The predicted molar refractivity (Wildman–Crippen MR) is 205 cm³/mol. The van der Waals surface area contributed by atoms with Gasteiger partial charge in [0.1, 0.15) is 23.5 Å². The Balaban J connectivity index is -0.000000228. The number of thiazole rings is 2. The summed E-state index contributed by atoms with van der Waals surface area (Å²) >= 11 is 3.71. The molecule has 0 N–H and O–H groups in total. The first-order valence-corrected chi connectivity index (χ1v) is 16.4. The molecule has 0 aliphatic carbocycles. The van der Waals surface area contributed by atoms with Crippen molar-refractivity contribution in [1.82, 2.24) is 0 Å². The average molecular weight is 906 g/mol. The minimum absolute atomic E-state index is 0. The summed E-state index contributed by atoms with van der Waals surface area (Å²) in [5.41, 5.74) is 10.2. The van der Waals surface area contributed by atoms with E-state index in [4.69, 9.17) is 71.0 Å². The smallest absolute Gasteiger partial charge is 0.512 e. The molecule has 2 aromatic heterocycles. The first-order chi connectivity index (χ1) is 25.1. The van der Waals surface area contributed by atoms with Crippen LogP contribution in [0.2, 0.25) is 0 Å². The zero-order valence-electron chi connectivity index (χ0n) is 31.3. The van der Waals surface area contributed by atoms with Crippen molar-refractivity contribution in [3.05, 3.63) is 135 Å². The van der Waals surface area contributed by atoms with Crippen LogP contribution in [0.15, 0.2) is 84.9 Å². The standard InChI is InChI=1S/2C17H19N2S.6CN.2Cu.Fe/c2*1-12-5-10-15-16(11-12)20-17(19(15)4)13-6-8-14(9-7-13)18(2)3;6*1-2;;;/h2*5-11H,1-4H3;;;;;;;;;/q2*+1;6*-1;2*+1;+2. The van der Waals surface area contributed by atoms with Gasteiger partial charge in [0.25, 0.3) is 10.0 Å². The zero-order valence-corrected chi connectivity index (χ0v) is 35.9. The second kappa shape index (κ2) is 32.2. The van der Waals surface area contributed by atoms with Gasteiger partial charge in [-0.1, -0.05) is 34.8 Å². The van der Waals surface area contributed by atoms with Gasteiger partial charge in [0.2, 0.25) is 11.0 Å². The Morgan fingerprint density at radius 1 is 0.455 bits per heavy atom. The SMILES string of the molecule is Cc1ccc2c(c1)sc(-c1ccc(N(C)C)cc1)[n+]2C.Cc1ccc2c(c1)sc(-c1ccc(N(C)C)cc1)[n+]2C.[C-]#N.[C-]#N.[C-]#N.[C-]#N.[C-]#N.[C-]#N.[Cu+].[Cu+].[Fe+2]. The molecular weight excluding hydrogens is 868 g/mol. The molecular formula is C40H38Cu2FeN10S2. The Morgan fingerprint density at radius 2 is 0.709 bits per heavy atom. The molecule has 55 heavy (non-hydrogen) atoms. The number of nitrogens with zero attached hydrogens (tertiary/aromatic N) is 10. The van der Waals surface area contributed by atoms with E-state index in [0.717, 1.165) is 0 Å². The van der Waals surface area contributed by atoms with Gasteiger partial charge in [0.15, 0.2) is 0 Å². The van der Waals surface area contributed by atoms with Crippen molar-refractivity contribution >= 4 is 54.5 Å². The van der Waals surface area contributed by atoms with Crippen molar-refractivity contribution in [1.29, 1.82) is 31.6 Å². The fourth-order valence-corrected chi connectivity index (χ4v) is 7.34. The molecule has 0 fully saturated rings. The van der Waals surface area contributed by atoms with Crippen LogP contribution in [-0.4, -0.2) is 28.2 Å². The monoisotopic (exact) mass is 904 g/mol. The third kappa shape index (κ3) is 16.3. The number of hydrogen-bond acceptors (Lipinski definition) is 10. The van der Waals surface area contributed by atoms with Crippen LogP contribution in [0.4, 0.5) is 11.4 Å². The predicted octanol–water partition coefficient (Wildman–Crippen LogP) is 8.11. The van der Waals surface area contributed by atoms with Crippen molar-refractivity contribution in [2.75, 3.05) is 38.0 Å². The summed E-state index contributed by atoms with van der Waals surface area (Å²) in [4.78, 5) is 4.25. The fourth-order valence-electron chi connectivity index (χ4n) is 4.83. The molecule has 4 aromatic carbocycles. The fraction of sp³-hybridized carbons (Fsp3) is 0.200. The minimum Gasteiger partial charge on any atom is -0.512 e. The van der Waals surface area contributed by atoms with Gasteiger partial charge < -0.3 is 80.8 Å². The molecule has 10 nitrogen and oxygen atoms in total. The van der Waals surface area contributed by atoms with Gasteiger partial charge >= 0.3 is 51.2 Å². The van der Waals surface area contributed by atoms with E-state index in [-0.39, 0.29) is 51.2 Å². The van der Waals surface area contributed by atoms with Crippen molar-refractivity contribution in [3.63, 3.8) is 0 Å². The largest absolute Gasteiger partial charge is 2.00 e. The Kier molecular flexibility index (Phi) is 34.6. The van der Waals surface area contributed by atoms with Crippen molar-refractivity contribution < 1.29 is 60.3 Å². The third-order valence-corrected chi connectivity index (χ3v) is 9.74. The molecule has 0 atom stereocenters. The molecule has 0 unspecified atom stereocenters. The van der Waals surface area contributed by atoms with Crippen LogP contribution in [0.1, 0.15) is 11.1 Å². The molecule has 0 radical (unpaired) electrons. The first kappa shape index (κ1) is 59.0. The van der Waals surface area contributed by atoms with Crippen LogP contribution < -0.4 is 18.9 Å². The number of rotatable bonds is 4. The molecule has 290 valence electrons. The van der Waals surface area contributed by atoms with Crippen LogP contribution in [-0.2, 0) is 65.3 Å². The maximum Gasteiger partial charge on any atom is 2.00 e. The summed E-state index contributed by atoms with van der Waals surface area (Å²) in [5.74, 6) is 0. The van der Waals surface area contributed by atoms with Crippen molar-refractivity contribution in [2.24, 2.45) is 14.1 Å². The number of hydrogen-bond donors (Lipinski definition) is 0. The second-order valence-electron chi connectivity index (χ2n) is 10.8. The van der Waals surface area contributed by atoms with E-state index in [0.29, 0.717) is 0 Å². The maximum atomic E-state index is 6.25. The summed E-state index contributed by atoms with van der Waals surface area (Å²) < 4.78 is 7.26. The van der Waals surface area contributed by atoms with Gasteiger partial charge in [-0.05, 0) is 85.6 Å². The Labute approximate surface area is 366 Å². The van der Waals surface area contributed by atoms with Gasteiger partial charge in [0.05, 0.1) is 11.1 Å². The van der Waals surface area contributed by atoms with Crippen LogP contribution in [0.5, 0.6) is 0 Å². The van der Waals surface area contributed by atoms with Gasteiger partial charge in [-0.15, -0.1) is 0 Å². The van der Waals surface area contributed by atoms with Gasteiger partial charge in [-0.3, -0.25) is 0 Å². The maximum absolute atomic E-state index is 6.25. The van der Waals surface area contributed by atoms with Gasteiger partial charge in [0, 0.05) is 51.7 Å². The molecule has 0 bridgehead atoms. The first-order valence-electron chi connectivity index (χ1n) is 14.8. The third-order valence-electron chi connectivity index (χ3n) is 7.24. The number of benzene rings is 4. The summed E-state index contributed by atoms with van der Waals surface area (Å²) in [6.45, 7) is 32.8. The van der Waals surface area contributed by atoms with E-state index in [1.807, 2.05) is 22.7 Å². The van der Waals surface area contributed by atoms with E-state index in [2.05, 4.69) is 160 Å². The molecule has 0 spiro atoms. The Morgan fingerprint density at radius 3 is 0.945 bits per heavy atom. The van der Waals surface area contributed by atoms with E-state index in [9.17, 15) is 0 Å². The van der Waals surface area contributed by atoms with Gasteiger partial charge in [-0.25, -0.2) is 0 Å². The molecule has 0 aliphatic rings. The minimum atomic E-state index is 0. The Bertz CT molecular complexity index is 1910. The average Bonchev–Trinajstić information content (AvgIpc) is 3.71. The topological polar surface area (TPSA) is 157 Å². The van der Waals surface area contributed by atoms with Crippen LogP contribution >= 0.6 is 22.7 Å². The molecule has 0 aliphatic heterocycles. The van der Waals surface area contributed by atoms with E-state index < -0.39 is 0 Å². The number of aromatic nitrogens is 2. The molecule has 0 saturated heterocycles. The number of anilines is 2. The molecule has 2 heterocycles. The van der Waals surface area contributed by atoms with E-state index in [1.54, 1.807) is 0 Å². The van der Waals surface area contributed by atoms with Crippen molar-refractivity contribution in [3.8, 4) is 21.1 Å². The van der Waals surface area contributed by atoms with Gasteiger partial charge in [-0.2, -0.15) is 9.13 Å². The molecule has 0 saturated carbocycles. The normalized spacial score (nSPS) is 8.22. The number of aryl methyl sites for hydroxylation is 4. The van der Waals surface area contributed by atoms with E-state index >= 15 is 0 Å². The zero-order chi connectivity index (χ0) is 40.6. The summed E-state index contributed by atoms with van der Waals surface area (Å²) in [6.07, 6.45) is 0. The van der Waals surface area contributed by atoms with Crippen LogP contribution in [0.25, 0.3) is 41.6 Å². The second-order valence-corrected chi connectivity index (χ2v) is 12.8. The van der Waals surface area contributed by atoms with E-state index in [1.165, 1.54) is 64.1 Å². The molecule has 6 rings (SSSR count). The molecule has 15 heteroatoms. The summed E-state index contributed by atoms with van der Waals surface area (Å²) in [6, 6.07) is 30.8. The quantitative estimate of drug-likeness (QED) is 0.0976. The molecule has 0 amide bonds. The Hall–Kier alpha value is -5.24. The summed E-state index contributed by atoms with van der Waals surface area (Å²) in [7, 11) is 12.6. The number of fused-ring (bicyclic) bond motifs is 2.